The normalized spacial score (nSPS) is 35.7. The molecule has 0 bridgehead atoms. The first-order chi connectivity index (χ1) is 8.51. The van der Waals surface area contributed by atoms with Crippen molar-refractivity contribution in [2.24, 2.45) is 5.92 Å². The molecular weight excluding hydrogens is 234 g/mol. The predicted molar refractivity (Wildman–Crippen MR) is 69.2 cm³/mol. The third-order valence-corrected chi connectivity index (χ3v) is 3.81. The largest absolute Gasteiger partial charge is 0.395 e. The van der Waals surface area contributed by atoms with E-state index in [4.69, 9.17) is 0 Å². The molecule has 0 aromatic heterocycles. The van der Waals surface area contributed by atoms with Gasteiger partial charge in [-0.1, -0.05) is 26.7 Å². The summed E-state index contributed by atoms with van der Waals surface area (Å²) >= 11 is 0. The van der Waals surface area contributed by atoms with Gasteiger partial charge in [0.1, 0.15) is 12.2 Å². The van der Waals surface area contributed by atoms with Crippen molar-refractivity contribution in [3.05, 3.63) is 0 Å². The highest BCUT2D eigenvalue weighted by molar-refractivity contribution is 4.94. The summed E-state index contributed by atoms with van der Waals surface area (Å²) in [5, 5.41) is 38.5. The molecule has 1 unspecified atom stereocenters. The van der Waals surface area contributed by atoms with E-state index in [0.29, 0.717) is 12.5 Å². The molecule has 18 heavy (non-hydrogen) atoms. The Morgan fingerprint density at radius 1 is 1.22 bits per heavy atom. The summed E-state index contributed by atoms with van der Waals surface area (Å²) in [5.74, 6) is 0.452. The predicted octanol–water partition coefficient (Wildman–Crippen LogP) is -0.428. The Morgan fingerprint density at radius 2 is 1.89 bits per heavy atom. The number of rotatable bonds is 6. The lowest BCUT2D eigenvalue weighted by atomic mass is 9.92. The standard InChI is InChI=1S/C13H27NO4/c1-3-4-5-9(2)6-14-7-11(16)13(18)12(17)10(14)8-15/h9-13,15-18H,3-8H2,1-2H3/t9?,10-,11+,12-,13-/m1/s1. The molecule has 108 valence electrons. The fourth-order valence-corrected chi connectivity index (χ4v) is 2.63. The molecule has 0 aliphatic carbocycles. The van der Waals surface area contributed by atoms with Crippen LogP contribution in [0.1, 0.15) is 33.1 Å². The molecule has 1 aliphatic heterocycles. The Kier molecular flexibility index (Phi) is 6.52. The van der Waals surface area contributed by atoms with E-state index in [9.17, 15) is 20.4 Å². The first-order valence-corrected chi connectivity index (χ1v) is 6.90. The van der Waals surface area contributed by atoms with E-state index in [1.165, 1.54) is 0 Å². The number of aliphatic hydroxyl groups excluding tert-OH is 4. The van der Waals surface area contributed by atoms with Crippen LogP contribution in [0, 0.1) is 5.92 Å². The van der Waals surface area contributed by atoms with Gasteiger partial charge >= 0.3 is 0 Å². The lowest BCUT2D eigenvalue weighted by molar-refractivity contribution is -0.147. The summed E-state index contributed by atoms with van der Waals surface area (Å²) in [7, 11) is 0. The van der Waals surface area contributed by atoms with Crippen LogP contribution < -0.4 is 0 Å². The highest BCUT2D eigenvalue weighted by Gasteiger charge is 2.41. The summed E-state index contributed by atoms with van der Waals surface area (Å²) in [6.45, 7) is 5.11. The smallest absolute Gasteiger partial charge is 0.109 e. The molecule has 4 N–H and O–H groups in total. The average molecular weight is 261 g/mol. The summed E-state index contributed by atoms with van der Waals surface area (Å²) in [6.07, 6.45) is 0.215. The van der Waals surface area contributed by atoms with Crippen LogP contribution in [-0.4, -0.2) is 69.4 Å². The van der Waals surface area contributed by atoms with Crippen LogP contribution in [-0.2, 0) is 0 Å². The quantitative estimate of drug-likeness (QED) is 0.521. The van der Waals surface area contributed by atoms with Gasteiger partial charge in [0.25, 0.3) is 0 Å². The Morgan fingerprint density at radius 3 is 2.44 bits per heavy atom. The van der Waals surface area contributed by atoms with Gasteiger partial charge in [0.15, 0.2) is 0 Å². The molecule has 0 aromatic rings. The van der Waals surface area contributed by atoms with Gasteiger partial charge in [0.2, 0.25) is 0 Å². The van der Waals surface area contributed by atoms with Gasteiger partial charge in [-0.2, -0.15) is 0 Å². The molecule has 5 atom stereocenters. The highest BCUT2D eigenvalue weighted by atomic mass is 16.4. The number of hydrogen-bond acceptors (Lipinski definition) is 5. The zero-order valence-corrected chi connectivity index (χ0v) is 11.4. The molecule has 1 rings (SSSR count). The lowest BCUT2D eigenvalue weighted by Crippen LogP contribution is -2.63. The van der Waals surface area contributed by atoms with Gasteiger partial charge in [-0.3, -0.25) is 4.90 Å². The van der Waals surface area contributed by atoms with Crippen molar-refractivity contribution in [1.29, 1.82) is 0 Å². The molecule has 0 amide bonds. The van der Waals surface area contributed by atoms with Crippen molar-refractivity contribution in [2.75, 3.05) is 19.7 Å². The van der Waals surface area contributed by atoms with Gasteiger partial charge in [-0.15, -0.1) is 0 Å². The summed E-state index contributed by atoms with van der Waals surface area (Å²) in [4.78, 5) is 1.89. The van der Waals surface area contributed by atoms with Crippen LogP contribution >= 0.6 is 0 Å². The van der Waals surface area contributed by atoms with Crippen LogP contribution in [0.4, 0.5) is 0 Å². The molecule has 5 heteroatoms. The summed E-state index contributed by atoms with van der Waals surface area (Å²) in [5.41, 5.74) is 0. The van der Waals surface area contributed by atoms with Gasteiger partial charge < -0.3 is 20.4 Å². The minimum atomic E-state index is -1.16. The number of β-amino-alcohol motifs (C(OH)–C–C–N with tert-alkyl or cyclic N) is 1. The maximum atomic E-state index is 9.86. The van der Waals surface area contributed by atoms with Crippen molar-refractivity contribution >= 4 is 0 Å². The summed E-state index contributed by atoms with van der Waals surface area (Å²) < 4.78 is 0. The third kappa shape index (κ3) is 3.90. The fraction of sp³-hybridized carbons (Fsp3) is 1.00. The molecule has 0 spiro atoms. The molecule has 1 saturated heterocycles. The highest BCUT2D eigenvalue weighted by Crippen LogP contribution is 2.21. The van der Waals surface area contributed by atoms with E-state index in [1.807, 2.05) is 4.90 Å². The monoisotopic (exact) mass is 261 g/mol. The van der Waals surface area contributed by atoms with Gasteiger partial charge in [-0.05, 0) is 12.3 Å². The maximum Gasteiger partial charge on any atom is 0.109 e. The Bertz CT molecular complexity index is 239. The van der Waals surface area contributed by atoms with Crippen molar-refractivity contribution in [1.82, 2.24) is 4.90 Å². The number of nitrogens with zero attached hydrogens (tertiary/aromatic N) is 1. The van der Waals surface area contributed by atoms with Crippen molar-refractivity contribution in [3.8, 4) is 0 Å². The number of aliphatic hydroxyl groups is 4. The van der Waals surface area contributed by atoms with E-state index >= 15 is 0 Å². The second-order valence-electron chi connectivity index (χ2n) is 5.50. The molecule has 1 heterocycles. The zero-order valence-electron chi connectivity index (χ0n) is 11.4. The fourth-order valence-electron chi connectivity index (χ4n) is 2.63. The number of piperidine rings is 1. The zero-order chi connectivity index (χ0) is 13.7. The summed E-state index contributed by atoms with van der Waals surface area (Å²) in [6, 6.07) is -0.479. The van der Waals surface area contributed by atoms with E-state index in [0.717, 1.165) is 25.8 Å². The Labute approximate surface area is 109 Å². The molecule has 0 radical (unpaired) electrons. The minimum absolute atomic E-state index is 0.203. The molecule has 1 aliphatic rings. The lowest BCUT2D eigenvalue weighted by Gasteiger charge is -2.44. The molecule has 0 saturated carbocycles. The Hall–Kier alpha value is -0.200. The third-order valence-electron chi connectivity index (χ3n) is 3.81. The van der Waals surface area contributed by atoms with Crippen LogP contribution in [0.2, 0.25) is 0 Å². The van der Waals surface area contributed by atoms with E-state index in [2.05, 4.69) is 13.8 Å². The second-order valence-corrected chi connectivity index (χ2v) is 5.50. The van der Waals surface area contributed by atoms with Crippen LogP contribution in [0.3, 0.4) is 0 Å². The van der Waals surface area contributed by atoms with E-state index in [1.54, 1.807) is 0 Å². The van der Waals surface area contributed by atoms with Crippen LogP contribution in [0.5, 0.6) is 0 Å². The van der Waals surface area contributed by atoms with Gasteiger partial charge in [0.05, 0.1) is 18.8 Å². The van der Waals surface area contributed by atoms with Gasteiger partial charge in [-0.25, -0.2) is 0 Å². The van der Waals surface area contributed by atoms with E-state index < -0.39 is 24.4 Å². The first-order valence-electron chi connectivity index (χ1n) is 6.90. The minimum Gasteiger partial charge on any atom is -0.395 e. The first kappa shape index (κ1) is 15.9. The van der Waals surface area contributed by atoms with E-state index in [-0.39, 0.29) is 6.61 Å². The second kappa shape index (κ2) is 7.40. The maximum absolute atomic E-state index is 9.86. The van der Waals surface area contributed by atoms with Crippen molar-refractivity contribution in [3.63, 3.8) is 0 Å². The van der Waals surface area contributed by atoms with Crippen molar-refractivity contribution in [2.45, 2.75) is 57.5 Å². The SMILES string of the molecule is CCCCC(C)CN1C[C@H](O)[C@@H](O)[C@H](O)[C@H]1CO. The van der Waals surface area contributed by atoms with Crippen LogP contribution in [0.15, 0.2) is 0 Å². The van der Waals surface area contributed by atoms with Crippen LogP contribution in [0.25, 0.3) is 0 Å². The molecule has 0 aromatic carbocycles. The number of unbranched alkanes of at least 4 members (excludes halogenated alkanes) is 1. The molecule has 5 nitrogen and oxygen atoms in total. The average Bonchev–Trinajstić information content (AvgIpc) is 2.34. The van der Waals surface area contributed by atoms with Gasteiger partial charge in [0, 0.05) is 13.1 Å². The number of likely N-dealkylation sites (tertiary alicyclic amines) is 1. The topological polar surface area (TPSA) is 84.2 Å². The number of hydrogen-bond donors (Lipinski definition) is 4. The van der Waals surface area contributed by atoms with Crippen molar-refractivity contribution < 1.29 is 20.4 Å². The Balaban J connectivity index is 2.56. The molecular formula is C13H27NO4. The molecule has 1 fully saturated rings.